The Bertz CT molecular complexity index is 961. The Hall–Kier alpha value is -2.40. The Kier molecular flexibility index (Phi) is 7.61. The molecular weight excluding hydrogens is 492 g/mol. The van der Waals surface area contributed by atoms with E-state index >= 15 is 0 Å². The summed E-state index contributed by atoms with van der Waals surface area (Å²) in [7, 11) is 0. The number of furan rings is 3. The van der Waals surface area contributed by atoms with E-state index in [2.05, 4.69) is 65.8 Å². The van der Waals surface area contributed by atoms with Gasteiger partial charge >= 0.3 is 0 Å². The van der Waals surface area contributed by atoms with E-state index in [4.69, 9.17) is 13.3 Å². The zero-order chi connectivity index (χ0) is 26.0. The van der Waals surface area contributed by atoms with E-state index in [-0.39, 0.29) is 0 Å². The molecule has 0 N–H and O–H groups in total. The van der Waals surface area contributed by atoms with E-state index in [1.165, 1.54) is 0 Å². The van der Waals surface area contributed by atoms with E-state index in [1.54, 1.807) is 0 Å². The smallest absolute Gasteiger partial charge is 0.118 e. The first-order chi connectivity index (χ1) is 19.2. The van der Waals surface area contributed by atoms with Gasteiger partial charge in [0.15, 0.2) is 0 Å². The lowest BCUT2D eigenvalue weighted by molar-refractivity contribution is 0.173. The maximum atomic E-state index is 6.45. The molecule has 210 valence electrons. The largest absolute Gasteiger partial charge is 0.463 e. The van der Waals surface area contributed by atoms with Gasteiger partial charge in [-0.05, 0) is 36.4 Å². The molecule has 12 bridgehead atoms. The zero-order valence-corrected chi connectivity index (χ0v) is 23.1. The van der Waals surface area contributed by atoms with Crippen molar-refractivity contribution in [2.24, 2.45) is 0 Å². The molecule has 0 amide bonds. The van der Waals surface area contributed by atoms with E-state index in [0.29, 0.717) is 0 Å². The molecule has 0 spiro atoms. The summed E-state index contributed by atoms with van der Waals surface area (Å²) in [5.74, 6) is 6.44. The molecule has 2 saturated heterocycles. The monoisotopic (exact) mass is 534 g/mol. The predicted molar refractivity (Wildman–Crippen MR) is 148 cm³/mol. The highest BCUT2D eigenvalue weighted by Crippen LogP contribution is 2.20. The fraction of sp³-hybridized carbons (Fsp3) is 0.600. The first-order valence-electron chi connectivity index (χ1n) is 14.8. The highest BCUT2D eigenvalue weighted by molar-refractivity contribution is 5.10. The van der Waals surface area contributed by atoms with E-state index in [9.17, 15) is 0 Å². The lowest BCUT2D eigenvalue weighted by Gasteiger charge is -2.25. The highest BCUT2D eigenvalue weighted by Gasteiger charge is 2.23. The average Bonchev–Trinajstić information content (AvgIpc) is 3.68. The quantitative estimate of drug-likeness (QED) is 0.433. The molecule has 5 aliphatic rings. The molecule has 0 radical (unpaired) electrons. The normalized spacial score (nSPS) is 32.3. The van der Waals surface area contributed by atoms with Crippen molar-refractivity contribution >= 4 is 0 Å². The Morgan fingerprint density at radius 3 is 0.590 bits per heavy atom. The number of rotatable bonds is 0. The van der Waals surface area contributed by atoms with Crippen LogP contribution in [0.3, 0.4) is 0 Å². The zero-order valence-electron chi connectivity index (χ0n) is 23.1. The molecule has 8 rings (SSSR count). The van der Waals surface area contributed by atoms with Crippen molar-refractivity contribution < 1.29 is 13.3 Å². The molecule has 0 atom stereocenters. The standard InChI is InChI=1S/C30H42N6O3/c1-2-26-20-32-11-13-35-17-18-36(14-12-32)24-30-6-4-28(39-30)22-34-10-8-31(19-25(1)37-26)7-9-33(15-16-34)21-27-3-5-29(23-35)38-27/h1-6H,7-24H2. The van der Waals surface area contributed by atoms with Crippen LogP contribution in [0, 0.1) is 0 Å². The van der Waals surface area contributed by atoms with Crippen LogP contribution < -0.4 is 0 Å². The molecule has 8 heterocycles. The minimum Gasteiger partial charge on any atom is -0.463 e. The molecule has 2 fully saturated rings. The predicted octanol–water partition coefficient (Wildman–Crippen LogP) is 2.73. The van der Waals surface area contributed by atoms with Crippen molar-refractivity contribution in [2.45, 2.75) is 39.3 Å². The maximum absolute atomic E-state index is 6.45. The van der Waals surface area contributed by atoms with Gasteiger partial charge in [0.2, 0.25) is 0 Å². The van der Waals surface area contributed by atoms with E-state index in [1.807, 2.05) is 0 Å². The number of hydrogen-bond donors (Lipinski definition) is 0. The summed E-state index contributed by atoms with van der Waals surface area (Å²) < 4.78 is 19.3. The molecular formula is C30H42N6O3. The summed E-state index contributed by atoms with van der Waals surface area (Å²) in [5.41, 5.74) is 0. The third-order valence-electron chi connectivity index (χ3n) is 8.82. The van der Waals surface area contributed by atoms with Crippen molar-refractivity contribution in [2.75, 3.05) is 78.5 Å². The van der Waals surface area contributed by atoms with Gasteiger partial charge in [-0.15, -0.1) is 0 Å². The molecule has 9 nitrogen and oxygen atoms in total. The molecule has 0 unspecified atom stereocenters. The van der Waals surface area contributed by atoms with Crippen molar-refractivity contribution in [1.82, 2.24) is 29.4 Å². The number of hydrogen-bond acceptors (Lipinski definition) is 9. The third-order valence-corrected chi connectivity index (χ3v) is 8.82. The van der Waals surface area contributed by atoms with Gasteiger partial charge in [0, 0.05) is 78.5 Å². The Labute approximate surface area is 231 Å². The summed E-state index contributed by atoms with van der Waals surface area (Å²) in [6.45, 7) is 17.2. The van der Waals surface area contributed by atoms with Crippen LogP contribution in [0.25, 0.3) is 0 Å². The first-order valence-corrected chi connectivity index (χ1v) is 14.8. The minimum absolute atomic E-state index is 0.846. The highest BCUT2D eigenvalue weighted by atomic mass is 16.3. The maximum Gasteiger partial charge on any atom is 0.118 e. The van der Waals surface area contributed by atoms with Crippen LogP contribution in [-0.2, 0) is 39.3 Å². The lowest BCUT2D eigenvalue weighted by Crippen LogP contribution is -2.35. The molecule has 39 heavy (non-hydrogen) atoms. The average molecular weight is 535 g/mol. The number of nitrogens with zero attached hydrogens (tertiary/aromatic N) is 6. The topological polar surface area (TPSA) is 58.9 Å². The van der Waals surface area contributed by atoms with Crippen LogP contribution in [-0.4, -0.2) is 108 Å². The Balaban J connectivity index is 1.28. The van der Waals surface area contributed by atoms with Crippen LogP contribution in [0.5, 0.6) is 0 Å². The molecule has 5 aliphatic heterocycles. The van der Waals surface area contributed by atoms with Crippen molar-refractivity contribution in [3.63, 3.8) is 0 Å². The summed E-state index contributed by atoms with van der Waals surface area (Å²) >= 11 is 0. The van der Waals surface area contributed by atoms with Gasteiger partial charge in [0.25, 0.3) is 0 Å². The Morgan fingerprint density at radius 2 is 0.436 bits per heavy atom. The summed E-state index contributed by atoms with van der Waals surface area (Å²) in [6.07, 6.45) is 0. The van der Waals surface area contributed by atoms with Crippen LogP contribution in [0.2, 0.25) is 0 Å². The fourth-order valence-corrected chi connectivity index (χ4v) is 6.42. The first kappa shape index (κ1) is 25.6. The van der Waals surface area contributed by atoms with E-state index < -0.39 is 0 Å². The molecule has 9 heteroatoms. The molecule has 3 aromatic heterocycles. The van der Waals surface area contributed by atoms with Crippen LogP contribution in [0.1, 0.15) is 34.6 Å². The molecule has 3 aromatic rings. The second kappa shape index (κ2) is 11.6. The van der Waals surface area contributed by atoms with Gasteiger partial charge in [-0.25, -0.2) is 0 Å². The van der Waals surface area contributed by atoms with Crippen LogP contribution >= 0.6 is 0 Å². The minimum atomic E-state index is 0.846. The molecule has 0 saturated carbocycles. The molecule has 0 aliphatic carbocycles. The summed E-state index contributed by atoms with van der Waals surface area (Å²) in [4.78, 5) is 15.3. The lowest BCUT2D eigenvalue weighted by atomic mass is 10.3. The van der Waals surface area contributed by atoms with Crippen LogP contribution in [0.15, 0.2) is 49.6 Å². The SMILES string of the molecule is c1cc2oc1CN1CCN3CCN(CC1)Cc1ccc(o1)CN1CCN(CCN(CC1)Cc1ccc(o1)C3)C2. The van der Waals surface area contributed by atoms with Crippen LogP contribution in [0.4, 0.5) is 0 Å². The van der Waals surface area contributed by atoms with Gasteiger partial charge < -0.3 is 13.3 Å². The van der Waals surface area contributed by atoms with Gasteiger partial charge in [-0.2, -0.15) is 0 Å². The van der Waals surface area contributed by atoms with Gasteiger partial charge in [-0.3, -0.25) is 29.4 Å². The molecule has 0 aromatic carbocycles. The van der Waals surface area contributed by atoms with Crippen molar-refractivity contribution in [3.8, 4) is 0 Å². The van der Waals surface area contributed by atoms with Gasteiger partial charge in [-0.1, -0.05) is 0 Å². The van der Waals surface area contributed by atoms with Crippen molar-refractivity contribution in [1.29, 1.82) is 0 Å². The second-order valence-corrected chi connectivity index (χ2v) is 11.8. The van der Waals surface area contributed by atoms with E-state index in [0.717, 1.165) is 152 Å². The third kappa shape index (κ3) is 6.51. The Morgan fingerprint density at radius 1 is 0.282 bits per heavy atom. The summed E-state index contributed by atoms with van der Waals surface area (Å²) in [5, 5.41) is 0. The summed E-state index contributed by atoms with van der Waals surface area (Å²) in [6, 6.07) is 13.2. The van der Waals surface area contributed by atoms with Gasteiger partial charge in [0.1, 0.15) is 34.6 Å². The fourth-order valence-electron chi connectivity index (χ4n) is 6.42. The number of fused-ring (bicyclic) bond motifs is 6. The van der Waals surface area contributed by atoms with Gasteiger partial charge in [0.05, 0.1) is 39.3 Å². The van der Waals surface area contributed by atoms with Crippen molar-refractivity contribution in [3.05, 3.63) is 71.0 Å². The second-order valence-electron chi connectivity index (χ2n) is 11.8.